The molecule has 0 fully saturated rings. The van der Waals surface area contributed by atoms with E-state index < -0.39 is 22.8 Å². The predicted molar refractivity (Wildman–Crippen MR) is 124 cm³/mol. The van der Waals surface area contributed by atoms with Gasteiger partial charge < -0.3 is 25.5 Å². The number of rotatable bonds is 6. The molecule has 3 aromatic rings. The van der Waals surface area contributed by atoms with E-state index in [-0.39, 0.29) is 29.1 Å². The second-order valence-electron chi connectivity index (χ2n) is 7.60. The van der Waals surface area contributed by atoms with Gasteiger partial charge in [0, 0.05) is 12.7 Å². The van der Waals surface area contributed by atoms with E-state index in [1.54, 1.807) is 4.57 Å². The number of pyridine rings is 1. The Morgan fingerprint density at radius 1 is 1.28 bits per heavy atom. The van der Waals surface area contributed by atoms with Crippen LogP contribution in [0.3, 0.4) is 0 Å². The van der Waals surface area contributed by atoms with Crippen LogP contribution in [0.15, 0.2) is 41.3 Å². The minimum atomic E-state index is -1.38. The molecule has 170 valence electrons. The average molecular weight is 442 g/mol. The van der Waals surface area contributed by atoms with Crippen molar-refractivity contribution in [2.75, 3.05) is 24.2 Å². The molecule has 0 aliphatic carbocycles. The molecule has 4 N–H and O–H groups in total. The van der Waals surface area contributed by atoms with Crippen molar-refractivity contribution >= 4 is 28.2 Å². The van der Waals surface area contributed by atoms with Crippen molar-refractivity contribution in [3.8, 4) is 5.75 Å². The van der Waals surface area contributed by atoms with E-state index in [1.165, 1.54) is 18.2 Å². The van der Waals surface area contributed by atoms with Gasteiger partial charge in [-0.3, -0.25) is 4.79 Å². The lowest BCUT2D eigenvalue weighted by Crippen LogP contribution is -2.26. The molecular formula is C24H28FN3O4. The average Bonchev–Trinajstić information content (AvgIpc) is 2.78. The minimum Gasteiger partial charge on any atom is -0.487 e. The molecule has 0 unspecified atom stereocenters. The van der Waals surface area contributed by atoms with Gasteiger partial charge in [0.1, 0.15) is 17.9 Å². The highest BCUT2D eigenvalue weighted by atomic mass is 19.1. The van der Waals surface area contributed by atoms with Gasteiger partial charge in [0.2, 0.25) is 5.43 Å². The molecule has 1 aromatic heterocycles. The van der Waals surface area contributed by atoms with E-state index in [0.29, 0.717) is 18.6 Å². The lowest BCUT2D eigenvalue weighted by Gasteiger charge is -2.25. The first-order valence-corrected chi connectivity index (χ1v) is 10.7. The van der Waals surface area contributed by atoms with E-state index in [4.69, 9.17) is 10.5 Å². The molecule has 0 spiro atoms. The number of carboxylic acid groups (broad SMARTS) is 1. The van der Waals surface area contributed by atoms with Gasteiger partial charge in [-0.25, -0.2) is 9.18 Å². The van der Waals surface area contributed by atoms with Crippen LogP contribution in [-0.2, 0) is 13.0 Å². The number of nitrogens with one attached hydrogen (secondary N) is 1. The number of halogens is 1. The summed E-state index contributed by atoms with van der Waals surface area (Å²) in [5.41, 5.74) is 5.88. The summed E-state index contributed by atoms with van der Waals surface area (Å²) in [7, 11) is 0. The molecule has 4 rings (SSSR count). The third kappa shape index (κ3) is 4.54. The molecule has 0 bridgehead atoms. The van der Waals surface area contributed by atoms with Crippen LogP contribution in [0.5, 0.6) is 5.75 Å². The van der Waals surface area contributed by atoms with E-state index in [0.717, 1.165) is 12.8 Å². The van der Waals surface area contributed by atoms with Crippen molar-refractivity contribution in [2.45, 2.75) is 39.7 Å². The van der Waals surface area contributed by atoms with Crippen LogP contribution in [-0.4, -0.2) is 28.8 Å². The number of benzene rings is 2. The van der Waals surface area contributed by atoms with Crippen LogP contribution < -0.4 is 21.2 Å². The summed E-state index contributed by atoms with van der Waals surface area (Å²) >= 11 is 0. The largest absolute Gasteiger partial charge is 0.487 e. The zero-order chi connectivity index (χ0) is 23.3. The van der Waals surface area contributed by atoms with Crippen LogP contribution in [0.4, 0.5) is 15.8 Å². The fourth-order valence-corrected chi connectivity index (χ4v) is 3.64. The van der Waals surface area contributed by atoms with Crippen molar-refractivity contribution < 1.29 is 19.0 Å². The van der Waals surface area contributed by atoms with Gasteiger partial charge in [0.15, 0.2) is 11.6 Å². The first-order chi connectivity index (χ1) is 15.4. The van der Waals surface area contributed by atoms with Gasteiger partial charge >= 0.3 is 5.97 Å². The molecule has 7 nitrogen and oxygen atoms in total. The molecule has 0 radical (unpaired) electrons. The highest BCUT2D eigenvalue weighted by Gasteiger charge is 2.28. The number of nitrogens with zero attached hydrogens (tertiary/aromatic N) is 1. The third-order valence-electron chi connectivity index (χ3n) is 5.04. The second-order valence-corrected chi connectivity index (χ2v) is 7.60. The number of nitrogen functional groups attached to an aromatic ring is 1. The summed E-state index contributed by atoms with van der Waals surface area (Å²) in [5.74, 6) is -2.00. The minimum absolute atomic E-state index is 0.0963. The maximum Gasteiger partial charge on any atom is 0.341 e. The molecule has 1 aliphatic rings. The smallest absolute Gasteiger partial charge is 0.341 e. The van der Waals surface area contributed by atoms with Gasteiger partial charge in [-0.1, -0.05) is 50.6 Å². The number of anilines is 2. The molecule has 1 aliphatic heterocycles. The van der Waals surface area contributed by atoms with Crippen molar-refractivity contribution in [3.05, 3.63) is 63.7 Å². The van der Waals surface area contributed by atoms with Crippen LogP contribution in [0.2, 0.25) is 0 Å². The Balaban J connectivity index is 0.000000913. The first kappa shape index (κ1) is 23.1. The molecule has 8 heteroatoms. The van der Waals surface area contributed by atoms with Gasteiger partial charge in [0.25, 0.3) is 0 Å². The third-order valence-corrected chi connectivity index (χ3v) is 5.04. The number of aryl methyl sites for hydroxylation is 1. The Bertz CT molecular complexity index is 1180. The Labute approximate surface area is 185 Å². The highest BCUT2D eigenvalue weighted by molar-refractivity contribution is 6.03. The Hall–Kier alpha value is -3.55. The molecule has 32 heavy (non-hydrogen) atoms. The number of aromatic nitrogens is 1. The highest BCUT2D eigenvalue weighted by Crippen LogP contribution is 2.41. The number of hydrogen-bond donors (Lipinski definition) is 3. The van der Waals surface area contributed by atoms with Crippen molar-refractivity contribution in [1.29, 1.82) is 0 Å². The number of hydrogen-bond acceptors (Lipinski definition) is 5. The standard InChI is InChI=1S/C21H20FN3O4.C3H8/c22-15-16(23)14-18-20(17(15)24-8-4-7-12-5-2-1-3-6-12)29-10-9-25(18)11-13(19(14)26)21(27)28;1-3-2/h1-3,5-6,11,24H,4,7-10,23H2,(H,27,28);3H2,1-2H3. The van der Waals surface area contributed by atoms with Crippen LogP contribution in [0, 0.1) is 5.82 Å². The summed E-state index contributed by atoms with van der Waals surface area (Å²) in [6.45, 7) is 5.29. The number of nitrogens with two attached hydrogens (primary N) is 1. The zero-order valence-electron chi connectivity index (χ0n) is 18.3. The second kappa shape index (κ2) is 10.2. The summed E-state index contributed by atoms with van der Waals surface area (Å²) in [6.07, 6.45) is 4.09. The number of ether oxygens (including phenoxy) is 1. The topological polar surface area (TPSA) is 107 Å². The molecule has 0 atom stereocenters. The quantitative estimate of drug-likeness (QED) is 0.390. The number of carboxylic acids is 1. The monoisotopic (exact) mass is 441 g/mol. The van der Waals surface area contributed by atoms with Crippen LogP contribution >= 0.6 is 0 Å². The van der Waals surface area contributed by atoms with E-state index in [9.17, 15) is 14.7 Å². The maximum atomic E-state index is 15.0. The van der Waals surface area contributed by atoms with Gasteiger partial charge in [-0.2, -0.15) is 0 Å². The predicted octanol–water partition coefficient (Wildman–Crippen LogP) is 4.27. The lowest BCUT2D eigenvalue weighted by atomic mass is 10.1. The lowest BCUT2D eigenvalue weighted by molar-refractivity contribution is 0.0694. The Morgan fingerprint density at radius 3 is 2.62 bits per heavy atom. The molecule has 0 saturated carbocycles. The van der Waals surface area contributed by atoms with E-state index in [2.05, 4.69) is 19.2 Å². The van der Waals surface area contributed by atoms with Crippen molar-refractivity contribution in [3.63, 3.8) is 0 Å². The zero-order valence-corrected chi connectivity index (χ0v) is 18.3. The van der Waals surface area contributed by atoms with Gasteiger partial charge in [-0.05, 0) is 18.4 Å². The molecule has 0 saturated heterocycles. The van der Waals surface area contributed by atoms with Crippen molar-refractivity contribution in [2.24, 2.45) is 0 Å². The summed E-state index contributed by atoms with van der Waals surface area (Å²) in [6, 6.07) is 9.94. The Morgan fingerprint density at radius 2 is 1.97 bits per heavy atom. The van der Waals surface area contributed by atoms with Crippen molar-refractivity contribution in [1.82, 2.24) is 4.57 Å². The van der Waals surface area contributed by atoms with Crippen LogP contribution in [0.25, 0.3) is 10.9 Å². The van der Waals surface area contributed by atoms with Crippen LogP contribution in [0.1, 0.15) is 42.6 Å². The van der Waals surface area contributed by atoms with E-state index >= 15 is 4.39 Å². The number of carbonyl (C=O) groups is 1. The molecule has 0 amide bonds. The fourth-order valence-electron chi connectivity index (χ4n) is 3.64. The molecular weight excluding hydrogens is 413 g/mol. The molecule has 2 heterocycles. The maximum absolute atomic E-state index is 15.0. The summed E-state index contributed by atoms with van der Waals surface area (Å²) in [5, 5.41) is 12.2. The van der Waals surface area contributed by atoms with Gasteiger partial charge in [0.05, 0.1) is 23.1 Å². The summed E-state index contributed by atoms with van der Waals surface area (Å²) in [4.78, 5) is 24.0. The fraction of sp³-hybridized carbons (Fsp3) is 0.333. The SMILES string of the molecule is CCC.Nc1c(F)c(NCCCc2ccccc2)c2c3c1c(=O)c(C(=O)O)cn3CCO2. The number of aromatic carboxylic acids is 1. The Kier molecular flexibility index (Phi) is 7.35. The van der Waals surface area contributed by atoms with E-state index in [1.807, 2.05) is 30.3 Å². The first-order valence-electron chi connectivity index (χ1n) is 10.7. The normalized spacial score (nSPS) is 12.0. The van der Waals surface area contributed by atoms with Gasteiger partial charge in [-0.15, -0.1) is 0 Å². The summed E-state index contributed by atoms with van der Waals surface area (Å²) < 4.78 is 22.3. The molecule has 2 aromatic carbocycles.